The van der Waals surface area contributed by atoms with Crippen LogP contribution in [0.4, 0.5) is 0 Å². The Labute approximate surface area is 106 Å². The van der Waals surface area contributed by atoms with Gasteiger partial charge in [0.05, 0.1) is 11.3 Å². The zero-order valence-electron chi connectivity index (χ0n) is 10.3. The Morgan fingerprint density at radius 1 is 1.53 bits per heavy atom. The van der Waals surface area contributed by atoms with Crippen LogP contribution in [0.2, 0.25) is 0 Å². The standard InChI is InChI=1S/C13H18N2OS/c1-3-10(2)14-7-6-13-15-11(9-17-13)12-5-4-8-16-12/h4-5,8-10,14H,3,6-7H2,1-2H3. The van der Waals surface area contributed by atoms with E-state index in [2.05, 4.69) is 29.5 Å². The van der Waals surface area contributed by atoms with Crippen molar-refractivity contribution >= 4 is 11.3 Å². The summed E-state index contributed by atoms with van der Waals surface area (Å²) in [5.41, 5.74) is 0.943. The lowest BCUT2D eigenvalue weighted by molar-refractivity contribution is 0.537. The van der Waals surface area contributed by atoms with Crippen LogP contribution in [0.3, 0.4) is 0 Å². The second-order valence-electron chi connectivity index (χ2n) is 4.12. The van der Waals surface area contributed by atoms with E-state index in [1.54, 1.807) is 17.6 Å². The lowest BCUT2D eigenvalue weighted by atomic mass is 10.2. The molecular weight excluding hydrogens is 232 g/mol. The molecule has 1 unspecified atom stereocenters. The summed E-state index contributed by atoms with van der Waals surface area (Å²) in [6.07, 6.45) is 3.82. The van der Waals surface area contributed by atoms with Crippen molar-refractivity contribution in [3.05, 3.63) is 28.8 Å². The molecule has 1 atom stereocenters. The first kappa shape index (κ1) is 12.3. The van der Waals surface area contributed by atoms with Crippen LogP contribution in [0.25, 0.3) is 11.5 Å². The van der Waals surface area contributed by atoms with Gasteiger partial charge in [0.2, 0.25) is 0 Å². The van der Waals surface area contributed by atoms with Gasteiger partial charge in [-0.15, -0.1) is 11.3 Å². The fourth-order valence-electron chi connectivity index (χ4n) is 1.53. The fourth-order valence-corrected chi connectivity index (χ4v) is 2.32. The molecule has 2 rings (SSSR count). The minimum atomic E-state index is 0.583. The second-order valence-corrected chi connectivity index (χ2v) is 5.06. The molecule has 0 aliphatic carbocycles. The third-order valence-corrected chi connectivity index (χ3v) is 3.68. The van der Waals surface area contributed by atoms with E-state index in [0.717, 1.165) is 35.8 Å². The predicted molar refractivity (Wildman–Crippen MR) is 71.3 cm³/mol. The summed E-state index contributed by atoms with van der Waals surface area (Å²) in [6.45, 7) is 5.38. The van der Waals surface area contributed by atoms with E-state index in [9.17, 15) is 0 Å². The van der Waals surface area contributed by atoms with Crippen LogP contribution in [-0.4, -0.2) is 17.6 Å². The molecule has 0 radical (unpaired) electrons. The lowest BCUT2D eigenvalue weighted by Gasteiger charge is -2.09. The zero-order chi connectivity index (χ0) is 12.1. The molecule has 17 heavy (non-hydrogen) atoms. The average molecular weight is 250 g/mol. The number of nitrogens with zero attached hydrogens (tertiary/aromatic N) is 1. The predicted octanol–water partition coefficient (Wildman–Crippen LogP) is 3.33. The monoisotopic (exact) mass is 250 g/mol. The van der Waals surface area contributed by atoms with Crippen LogP contribution < -0.4 is 5.32 Å². The minimum absolute atomic E-state index is 0.583. The van der Waals surface area contributed by atoms with E-state index in [4.69, 9.17) is 4.42 Å². The summed E-state index contributed by atoms with van der Waals surface area (Å²) < 4.78 is 5.32. The van der Waals surface area contributed by atoms with Gasteiger partial charge in [0, 0.05) is 24.4 Å². The average Bonchev–Trinajstić information content (AvgIpc) is 2.98. The molecule has 2 heterocycles. The molecule has 0 spiro atoms. The summed E-state index contributed by atoms with van der Waals surface area (Å²) in [5.74, 6) is 0.849. The van der Waals surface area contributed by atoms with Crippen LogP contribution in [0.1, 0.15) is 25.3 Å². The van der Waals surface area contributed by atoms with Gasteiger partial charge in [-0.05, 0) is 25.5 Å². The highest BCUT2D eigenvalue weighted by molar-refractivity contribution is 7.09. The molecule has 0 saturated heterocycles. The molecule has 0 fully saturated rings. The summed E-state index contributed by atoms with van der Waals surface area (Å²) in [5, 5.41) is 6.68. The molecule has 1 N–H and O–H groups in total. The number of aromatic nitrogens is 1. The first-order valence-electron chi connectivity index (χ1n) is 6.01. The highest BCUT2D eigenvalue weighted by Crippen LogP contribution is 2.22. The fraction of sp³-hybridized carbons (Fsp3) is 0.462. The minimum Gasteiger partial charge on any atom is -0.463 e. The molecule has 0 aliphatic rings. The summed E-state index contributed by atoms with van der Waals surface area (Å²) >= 11 is 1.70. The topological polar surface area (TPSA) is 38.1 Å². The molecule has 4 heteroatoms. The Kier molecular flexibility index (Phi) is 4.34. The normalized spacial score (nSPS) is 12.8. The van der Waals surface area contributed by atoms with Crippen molar-refractivity contribution in [2.75, 3.05) is 6.54 Å². The third kappa shape index (κ3) is 3.41. The molecule has 92 valence electrons. The van der Waals surface area contributed by atoms with E-state index >= 15 is 0 Å². The van der Waals surface area contributed by atoms with Crippen molar-refractivity contribution in [1.82, 2.24) is 10.3 Å². The maximum Gasteiger partial charge on any atom is 0.153 e. The number of nitrogens with one attached hydrogen (secondary N) is 1. The Bertz CT molecular complexity index is 436. The molecule has 0 saturated carbocycles. The van der Waals surface area contributed by atoms with E-state index in [-0.39, 0.29) is 0 Å². The summed E-state index contributed by atoms with van der Waals surface area (Å²) in [4.78, 5) is 4.56. The highest BCUT2D eigenvalue weighted by Gasteiger charge is 2.06. The quantitative estimate of drug-likeness (QED) is 0.854. The number of hydrogen-bond acceptors (Lipinski definition) is 4. The van der Waals surface area contributed by atoms with Gasteiger partial charge in [-0.2, -0.15) is 0 Å². The van der Waals surface area contributed by atoms with E-state index in [0.29, 0.717) is 6.04 Å². The Hall–Kier alpha value is -1.13. The van der Waals surface area contributed by atoms with Crippen LogP contribution in [0, 0.1) is 0 Å². The summed E-state index contributed by atoms with van der Waals surface area (Å²) in [6, 6.07) is 4.41. The van der Waals surface area contributed by atoms with Crippen molar-refractivity contribution in [2.24, 2.45) is 0 Å². The van der Waals surface area contributed by atoms with Crippen molar-refractivity contribution in [3.63, 3.8) is 0 Å². The van der Waals surface area contributed by atoms with Gasteiger partial charge in [0.25, 0.3) is 0 Å². The van der Waals surface area contributed by atoms with Crippen LogP contribution in [0.15, 0.2) is 28.2 Å². The number of thiazole rings is 1. The van der Waals surface area contributed by atoms with Crippen LogP contribution in [0.5, 0.6) is 0 Å². The maximum absolute atomic E-state index is 5.32. The van der Waals surface area contributed by atoms with E-state index in [1.807, 2.05) is 12.1 Å². The second kappa shape index (κ2) is 5.98. The van der Waals surface area contributed by atoms with Crippen LogP contribution in [-0.2, 0) is 6.42 Å². The van der Waals surface area contributed by atoms with Crippen molar-refractivity contribution in [3.8, 4) is 11.5 Å². The van der Waals surface area contributed by atoms with E-state index < -0.39 is 0 Å². The Balaban J connectivity index is 1.87. The Morgan fingerprint density at radius 2 is 2.41 bits per heavy atom. The molecule has 0 aliphatic heterocycles. The van der Waals surface area contributed by atoms with Crippen LogP contribution >= 0.6 is 11.3 Å². The first-order valence-corrected chi connectivity index (χ1v) is 6.89. The van der Waals surface area contributed by atoms with E-state index in [1.165, 1.54) is 0 Å². The summed E-state index contributed by atoms with van der Waals surface area (Å²) in [7, 11) is 0. The van der Waals surface area contributed by atoms with Gasteiger partial charge in [-0.3, -0.25) is 0 Å². The zero-order valence-corrected chi connectivity index (χ0v) is 11.1. The molecule has 2 aromatic rings. The number of hydrogen-bond donors (Lipinski definition) is 1. The SMILES string of the molecule is CCC(C)NCCc1nc(-c2ccco2)cs1. The smallest absolute Gasteiger partial charge is 0.153 e. The molecular formula is C13H18N2OS. The largest absolute Gasteiger partial charge is 0.463 e. The van der Waals surface area contributed by atoms with Gasteiger partial charge < -0.3 is 9.73 Å². The molecule has 0 aromatic carbocycles. The van der Waals surface area contributed by atoms with Gasteiger partial charge in [-0.1, -0.05) is 6.92 Å². The molecule has 0 bridgehead atoms. The Morgan fingerprint density at radius 3 is 3.12 bits per heavy atom. The first-order chi connectivity index (χ1) is 8.29. The van der Waals surface area contributed by atoms with Gasteiger partial charge >= 0.3 is 0 Å². The van der Waals surface area contributed by atoms with Gasteiger partial charge in [-0.25, -0.2) is 4.98 Å². The number of rotatable bonds is 6. The maximum atomic E-state index is 5.32. The molecule has 3 nitrogen and oxygen atoms in total. The van der Waals surface area contributed by atoms with Gasteiger partial charge in [0.1, 0.15) is 5.69 Å². The van der Waals surface area contributed by atoms with Crippen molar-refractivity contribution < 1.29 is 4.42 Å². The molecule has 2 aromatic heterocycles. The third-order valence-electron chi connectivity index (χ3n) is 2.77. The number of furan rings is 1. The molecule has 0 amide bonds. The van der Waals surface area contributed by atoms with Crippen molar-refractivity contribution in [2.45, 2.75) is 32.7 Å². The van der Waals surface area contributed by atoms with Crippen molar-refractivity contribution in [1.29, 1.82) is 0 Å². The van der Waals surface area contributed by atoms with Gasteiger partial charge in [0.15, 0.2) is 5.76 Å². The highest BCUT2D eigenvalue weighted by atomic mass is 32.1. The lowest BCUT2D eigenvalue weighted by Crippen LogP contribution is -2.27.